The van der Waals surface area contributed by atoms with Gasteiger partial charge in [-0.15, -0.1) is 0 Å². The van der Waals surface area contributed by atoms with Crippen LogP contribution >= 0.6 is 0 Å². The number of halogens is 1. The van der Waals surface area contributed by atoms with E-state index in [0.29, 0.717) is 5.56 Å². The summed E-state index contributed by atoms with van der Waals surface area (Å²) in [4.78, 5) is 6.94. The van der Waals surface area contributed by atoms with Crippen molar-refractivity contribution in [1.29, 1.82) is 0 Å². The minimum absolute atomic E-state index is 0.0547. The number of imidazole rings is 1. The number of phenols is 1. The molecule has 1 unspecified atom stereocenters. The third kappa shape index (κ3) is 3.07. The Kier molecular flexibility index (Phi) is 3.94. The first kappa shape index (κ1) is 12.6. The van der Waals surface area contributed by atoms with Crippen molar-refractivity contribution < 1.29 is 9.50 Å². The van der Waals surface area contributed by atoms with E-state index in [1.165, 1.54) is 6.07 Å². The van der Waals surface area contributed by atoms with Crippen LogP contribution in [0.3, 0.4) is 0 Å². The predicted octanol–water partition coefficient (Wildman–Crippen LogP) is 2.15. The first-order valence-corrected chi connectivity index (χ1v) is 5.86. The molecule has 0 saturated heterocycles. The fourth-order valence-electron chi connectivity index (χ4n) is 1.82. The van der Waals surface area contributed by atoms with E-state index in [-0.39, 0.29) is 11.8 Å². The molecule has 0 spiro atoms. The van der Waals surface area contributed by atoms with Gasteiger partial charge >= 0.3 is 0 Å². The van der Waals surface area contributed by atoms with Crippen molar-refractivity contribution in [2.24, 2.45) is 0 Å². The minimum atomic E-state index is -0.392. The maximum atomic E-state index is 13.6. The lowest BCUT2D eigenvalue weighted by atomic mass is 10.1. The molecule has 1 atom stereocenters. The Morgan fingerprint density at radius 3 is 3.00 bits per heavy atom. The van der Waals surface area contributed by atoms with Crippen molar-refractivity contribution in [3.8, 4) is 5.75 Å². The number of nitrogens with one attached hydrogen (secondary N) is 2. The summed E-state index contributed by atoms with van der Waals surface area (Å²) in [7, 11) is 0. The summed E-state index contributed by atoms with van der Waals surface area (Å²) in [5.74, 6) is -0.447. The number of hydrogen-bond donors (Lipinski definition) is 3. The lowest BCUT2D eigenvalue weighted by Gasteiger charge is -2.14. The zero-order valence-corrected chi connectivity index (χ0v) is 10.2. The molecule has 5 heteroatoms. The van der Waals surface area contributed by atoms with Crippen molar-refractivity contribution in [2.45, 2.75) is 19.4 Å². The average molecular weight is 249 g/mol. The molecule has 4 nitrogen and oxygen atoms in total. The average Bonchev–Trinajstić information content (AvgIpc) is 2.81. The largest absolute Gasteiger partial charge is 0.508 e. The van der Waals surface area contributed by atoms with E-state index in [2.05, 4.69) is 15.3 Å². The lowest BCUT2D eigenvalue weighted by Crippen LogP contribution is -2.22. The maximum absolute atomic E-state index is 13.6. The van der Waals surface area contributed by atoms with Gasteiger partial charge in [-0.05, 0) is 13.0 Å². The van der Waals surface area contributed by atoms with Gasteiger partial charge in [-0.25, -0.2) is 9.37 Å². The van der Waals surface area contributed by atoms with Crippen molar-refractivity contribution in [3.63, 3.8) is 0 Å². The molecule has 0 radical (unpaired) electrons. The first-order valence-electron chi connectivity index (χ1n) is 5.86. The van der Waals surface area contributed by atoms with Crippen molar-refractivity contribution in [2.75, 3.05) is 6.54 Å². The lowest BCUT2D eigenvalue weighted by molar-refractivity contribution is 0.464. The van der Waals surface area contributed by atoms with Gasteiger partial charge in [0.15, 0.2) is 0 Å². The maximum Gasteiger partial charge on any atom is 0.131 e. The molecule has 1 aromatic heterocycles. The summed E-state index contributed by atoms with van der Waals surface area (Å²) < 4.78 is 13.6. The molecule has 18 heavy (non-hydrogen) atoms. The van der Waals surface area contributed by atoms with Crippen LogP contribution in [0, 0.1) is 5.82 Å². The topological polar surface area (TPSA) is 60.9 Å². The fourth-order valence-corrected chi connectivity index (χ4v) is 1.82. The molecule has 3 N–H and O–H groups in total. The molecule has 1 heterocycles. The summed E-state index contributed by atoms with van der Waals surface area (Å²) in [6.45, 7) is 2.62. The summed E-state index contributed by atoms with van der Waals surface area (Å²) in [6, 6.07) is 4.11. The number of aromatic nitrogens is 2. The monoisotopic (exact) mass is 249 g/mol. The predicted molar refractivity (Wildman–Crippen MR) is 66.8 cm³/mol. The molecule has 0 aliphatic carbocycles. The normalized spacial score (nSPS) is 12.6. The van der Waals surface area contributed by atoms with Gasteiger partial charge in [-0.2, -0.15) is 0 Å². The minimum Gasteiger partial charge on any atom is -0.508 e. The first-order chi connectivity index (χ1) is 8.66. The molecule has 2 aromatic rings. The van der Waals surface area contributed by atoms with Gasteiger partial charge in [-0.3, -0.25) is 0 Å². The Morgan fingerprint density at radius 1 is 1.50 bits per heavy atom. The van der Waals surface area contributed by atoms with Gasteiger partial charge in [0.05, 0.1) is 6.33 Å². The molecule has 0 saturated carbocycles. The van der Waals surface area contributed by atoms with Gasteiger partial charge in [0.25, 0.3) is 0 Å². The molecule has 0 bridgehead atoms. The second-order valence-electron chi connectivity index (χ2n) is 4.21. The number of hydrogen-bond acceptors (Lipinski definition) is 3. The SMILES string of the molecule is CC(NCCc1cnc[nH]1)c1ccc(O)cc1F. The quantitative estimate of drug-likeness (QED) is 0.761. The number of phenolic OH excluding ortho intramolecular Hbond substituents is 1. The van der Waals surface area contributed by atoms with Crippen LogP contribution in [0.1, 0.15) is 24.2 Å². The zero-order chi connectivity index (χ0) is 13.0. The number of rotatable bonds is 5. The molecule has 0 fully saturated rings. The van der Waals surface area contributed by atoms with E-state index in [4.69, 9.17) is 5.11 Å². The van der Waals surface area contributed by atoms with E-state index < -0.39 is 5.82 Å². The van der Waals surface area contributed by atoms with Gasteiger partial charge in [0, 0.05) is 42.5 Å². The highest BCUT2D eigenvalue weighted by atomic mass is 19.1. The number of aromatic amines is 1. The Morgan fingerprint density at radius 2 is 2.33 bits per heavy atom. The van der Waals surface area contributed by atoms with Gasteiger partial charge in [0.1, 0.15) is 11.6 Å². The fraction of sp³-hybridized carbons (Fsp3) is 0.308. The summed E-state index contributed by atoms with van der Waals surface area (Å²) in [6.07, 6.45) is 4.22. The molecular weight excluding hydrogens is 233 g/mol. The second kappa shape index (κ2) is 5.64. The molecular formula is C13H16FN3O. The Labute approximate surface area is 105 Å². The van der Waals surface area contributed by atoms with Gasteiger partial charge in [-0.1, -0.05) is 6.07 Å². The molecule has 0 amide bonds. The van der Waals surface area contributed by atoms with E-state index in [1.54, 1.807) is 18.6 Å². The van der Waals surface area contributed by atoms with E-state index in [0.717, 1.165) is 24.7 Å². The van der Waals surface area contributed by atoms with Crippen LogP contribution in [0.15, 0.2) is 30.7 Å². The highest BCUT2D eigenvalue weighted by Gasteiger charge is 2.10. The smallest absolute Gasteiger partial charge is 0.131 e. The highest BCUT2D eigenvalue weighted by molar-refractivity contribution is 5.29. The van der Waals surface area contributed by atoms with E-state index >= 15 is 0 Å². The van der Waals surface area contributed by atoms with Crippen molar-refractivity contribution in [3.05, 3.63) is 47.8 Å². The van der Waals surface area contributed by atoms with Crippen LogP contribution in [-0.2, 0) is 6.42 Å². The molecule has 0 aliphatic rings. The van der Waals surface area contributed by atoms with E-state index in [9.17, 15) is 4.39 Å². The van der Waals surface area contributed by atoms with Crippen LogP contribution < -0.4 is 5.32 Å². The van der Waals surface area contributed by atoms with Crippen LogP contribution in [0.2, 0.25) is 0 Å². The Hall–Kier alpha value is -1.88. The number of aromatic hydroxyl groups is 1. The van der Waals surface area contributed by atoms with Crippen LogP contribution in [0.5, 0.6) is 5.75 Å². The van der Waals surface area contributed by atoms with Gasteiger partial charge < -0.3 is 15.4 Å². The number of nitrogens with zero attached hydrogens (tertiary/aromatic N) is 1. The summed E-state index contributed by atoms with van der Waals surface area (Å²) in [5.41, 5.74) is 1.60. The van der Waals surface area contributed by atoms with Gasteiger partial charge in [0.2, 0.25) is 0 Å². The Balaban J connectivity index is 1.89. The number of H-pyrrole nitrogens is 1. The summed E-state index contributed by atoms with van der Waals surface area (Å²) in [5, 5.41) is 12.4. The Bertz CT molecular complexity index is 499. The molecule has 1 aromatic carbocycles. The standard InChI is InChI=1S/C13H16FN3O/c1-9(12-3-2-11(18)6-13(12)14)16-5-4-10-7-15-8-17-10/h2-3,6-9,16,18H,4-5H2,1H3,(H,15,17). The molecule has 2 rings (SSSR count). The van der Waals surface area contributed by atoms with Crippen molar-refractivity contribution in [1.82, 2.24) is 15.3 Å². The third-order valence-corrected chi connectivity index (χ3v) is 2.85. The summed E-state index contributed by atoms with van der Waals surface area (Å²) >= 11 is 0. The highest BCUT2D eigenvalue weighted by Crippen LogP contribution is 2.20. The number of benzene rings is 1. The third-order valence-electron chi connectivity index (χ3n) is 2.85. The van der Waals surface area contributed by atoms with Crippen LogP contribution in [0.4, 0.5) is 4.39 Å². The van der Waals surface area contributed by atoms with E-state index in [1.807, 2.05) is 6.92 Å². The van der Waals surface area contributed by atoms with Crippen LogP contribution in [0.25, 0.3) is 0 Å². The molecule has 0 aliphatic heterocycles. The molecule has 96 valence electrons. The zero-order valence-electron chi connectivity index (χ0n) is 10.2. The van der Waals surface area contributed by atoms with Crippen LogP contribution in [-0.4, -0.2) is 21.6 Å². The van der Waals surface area contributed by atoms with Crippen molar-refractivity contribution >= 4 is 0 Å². The second-order valence-corrected chi connectivity index (χ2v) is 4.21.